The lowest BCUT2D eigenvalue weighted by molar-refractivity contribution is -0.126. The maximum atomic E-state index is 12.8. The fourth-order valence-corrected chi connectivity index (χ4v) is 5.61. The largest absolute Gasteiger partial charge is 0.379 e. The van der Waals surface area contributed by atoms with Crippen LogP contribution in [-0.4, -0.2) is 76.0 Å². The topological polar surface area (TPSA) is 79.0 Å². The van der Waals surface area contributed by atoms with Gasteiger partial charge in [-0.05, 0) is 43.9 Å². The second-order valence-electron chi connectivity index (χ2n) is 7.95. The monoisotopic (exact) mass is 423 g/mol. The Hall–Kier alpha value is -1.48. The highest BCUT2D eigenvalue weighted by Crippen LogP contribution is 2.22. The van der Waals surface area contributed by atoms with Crippen LogP contribution in [0.5, 0.6) is 0 Å². The van der Waals surface area contributed by atoms with Gasteiger partial charge in [0.25, 0.3) is 0 Å². The van der Waals surface area contributed by atoms with Crippen molar-refractivity contribution in [1.29, 1.82) is 0 Å². The highest BCUT2D eigenvalue weighted by atomic mass is 32.2. The lowest BCUT2D eigenvalue weighted by Crippen LogP contribution is -2.44. The number of hydrogen-bond acceptors (Lipinski definition) is 5. The van der Waals surface area contributed by atoms with Crippen LogP contribution in [0, 0.1) is 12.8 Å². The fraction of sp³-hybridized carbons (Fsp3) is 0.667. The van der Waals surface area contributed by atoms with Gasteiger partial charge < -0.3 is 10.1 Å². The average Bonchev–Trinajstić information content (AvgIpc) is 2.73. The smallest absolute Gasteiger partial charge is 0.223 e. The number of rotatable bonds is 8. The van der Waals surface area contributed by atoms with Gasteiger partial charge in [-0.15, -0.1) is 0 Å². The first-order valence-electron chi connectivity index (χ1n) is 10.6. The highest BCUT2D eigenvalue weighted by Gasteiger charge is 2.31. The molecule has 162 valence electrons. The molecule has 1 amide bonds. The van der Waals surface area contributed by atoms with Crippen LogP contribution in [0.1, 0.15) is 30.4 Å². The summed E-state index contributed by atoms with van der Waals surface area (Å²) in [6.45, 7) is 7.91. The molecule has 1 N–H and O–H groups in total. The van der Waals surface area contributed by atoms with Crippen LogP contribution in [0.3, 0.4) is 0 Å². The highest BCUT2D eigenvalue weighted by molar-refractivity contribution is 7.88. The van der Waals surface area contributed by atoms with Crippen molar-refractivity contribution in [1.82, 2.24) is 14.5 Å². The van der Waals surface area contributed by atoms with Gasteiger partial charge in [0.1, 0.15) is 0 Å². The van der Waals surface area contributed by atoms with Crippen molar-refractivity contribution in [3.8, 4) is 0 Å². The van der Waals surface area contributed by atoms with E-state index in [-0.39, 0.29) is 17.6 Å². The second-order valence-corrected chi connectivity index (χ2v) is 9.92. The Labute approximate surface area is 174 Å². The van der Waals surface area contributed by atoms with E-state index in [0.717, 1.165) is 50.4 Å². The molecule has 2 aliphatic heterocycles. The molecule has 0 saturated carbocycles. The van der Waals surface area contributed by atoms with Crippen LogP contribution in [0.2, 0.25) is 0 Å². The van der Waals surface area contributed by atoms with E-state index in [2.05, 4.69) is 10.2 Å². The molecule has 0 atom stereocenters. The van der Waals surface area contributed by atoms with Gasteiger partial charge in [-0.25, -0.2) is 12.7 Å². The second kappa shape index (κ2) is 10.5. The Balaban J connectivity index is 1.38. The van der Waals surface area contributed by atoms with Crippen LogP contribution < -0.4 is 5.32 Å². The van der Waals surface area contributed by atoms with E-state index in [4.69, 9.17) is 4.74 Å². The zero-order valence-electron chi connectivity index (χ0n) is 17.3. The summed E-state index contributed by atoms with van der Waals surface area (Å²) < 4.78 is 32.4. The Bertz CT molecular complexity index is 770. The summed E-state index contributed by atoms with van der Waals surface area (Å²) in [6.07, 6.45) is 2.10. The van der Waals surface area contributed by atoms with Crippen molar-refractivity contribution >= 4 is 15.9 Å². The molecular weight excluding hydrogens is 390 g/mol. The molecule has 2 aliphatic rings. The van der Waals surface area contributed by atoms with Crippen molar-refractivity contribution in [3.05, 3.63) is 35.4 Å². The Morgan fingerprint density at radius 1 is 1.14 bits per heavy atom. The molecule has 3 rings (SSSR count). The quantitative estimate of drug-likeness (QED) is 0.639. The van der Waals surface area contributed by atoms with E-state index in [9.17, 15) is 13.2 Å². The average molecular weight is 424 g/mol. The molecule has 0 bridgehead atoms. The number of hydrogen-bond donors (Lipinski definition) is 1. The molecular formula is C21H33N3O4S. The van der Waals surface area contributed by atoms with E-state index in [1.165, 1.54) is 0 Å². The molecule has 2 saturated heterocycles. The number of sulfonamides is 1. The molecule has 1 aromatic rings. The number of ether oxygens (including phenoxy) is 1. The summed E-state index contributed by atoms with van der Waals surface area (Å²) in [6, 6.07) is 7.58. The summed E-state index contributed by atoms with van der Waals surface area (Å²) in [4.78, 5) is 14.8. The van der Waals surface area contributed by atoms with E-state index in [1.807, 2.05) is 31.2 Å². The van der Waals surface area contributed by atoms with Gasteiger partial charge in [0.15, 0.2) is 0 Å². The maximum Gasteiger partial charge on any atom is 0.223 e. The zero-order valence-corrected chi connectivity index (χ0v) is 18.1. The zero-order chi connectivity index (χ0) is 20.7. The maximum absolute atomic E-state index is 12.8. The predicted octanol–water partition coefficient (Wildman–Crippen LogP) is 1.38. The summed E-state index contributed by atoms with van der Waals surface area (Å²) in [7, 11) is -3.36. The van der Waals surface area contributed by atoms with E-state index in [0.29, 0.717) is 32.5 Å². The summed E-state index contributed by atoms with van der Waals surface area (Å²) in [5, 5.41) is 3.03. The molecule has 0 aromatic heterocycles. The minimum absolute atomic E-state index is 0.0259. The van der Waals surface area contributed by atoms with Crippen LogP contribution in [0.4, 0.5) is 0 Å². The minimum atomic E-state index is -3.36. The number of amides is 1. The van der Waals surface area contributed by atoms with Crippen molar-refractivity contribution in [2.45, 2.75) is 31.9 Å². The number of morpholine rings is 1. The lowest BCUT2D eigenvalue weighted by atomic mass is 9.97. The van der Waals surface area contributed by atoms with Crippen LogP contribution in [-0.2, 0) is 25.3 Å². The van der Waals surface area contributed by atoms with E-state index in [1.54, 1.807) is 4.31 Å². The molecule has 29 heavy (non-hydrogen) atoms. The molecule has 2 heterocycles. The van der Waals surface area contributed by atoms with Gasteiger partial charge in [-0.1, -0.05) is 24.3 Å². The molecule has 0 unspecified atom stereocenters. The van der Waals surface area contributed by atoms with Crippen molar-refractivity contribution in [2.24, 2.45) is 5.92 Å². The normalized spacial score (nSPS) is 19.9. The SMILES string of the molecule is Cc1ccccc1CS(=O)(=O)N1CCC(C(=O)NCCCN2CCOCC2)CC1. The number of piperidine rings is 1. The van der Waals surface area contributed by atoms with E-state index >= 15 is 0 Å². The number of aryl methyl sites for hydroxylation is 1. The van der Waals surface area contributed by atoms with Crippen molar-refractivity contribution < 1.29 is 17.9 Å². The molecule has 8 heteroatoms. The third-order valence-electron chi connectivity index (χ3n) is 5.87. The number of carbonyl (C=O) groups excluding carboxylic acids is 1. The van der Waals surface area contributed by atoms with E-state index < -0.39 is 10.0 Å². The number of nitrogens with zero attached hydrogens (tertiary/aromatic N) is 2. The summed E-state index contributed by atoms with van der Waals surface area (Å²) >= 11 is 0. The molecule has 0 radical (unpaired) electrons. The van der Waals surface area contributed by atoms with Crippen LogP contribution in [0.15, 0.2) is 24.3 Å². The lowest BCUT2D eigenvalue weighted by Gasteiger charge is -2.31. The standard InChI is InChI=1S/C21H33N3O4S/c1-18-5-2-3-6-20(18)17-29(26,27)24-11-7-19(8-12-24)21(25)22-9-4-10-23-13-15-28-16-14-23/h2-3,5-6,19H,4,7-17H2,1H3,(H,22,25). The molecule has 1 aromatic carbocycles. The third kappa shape index (κ3) is 6.50. The molecule has 0 aliphatic carbocycles. The first kappa shape index (κ1) is 22.2. The summed E-state index contributed by atoms with van der Waals surface area (Å²) in [5.74, 6) is -0.0100. The minimum Gasteiger partial charge on any atom is -0.379 e. The van der Waals surface area contributed by atoms with Crippen LogP contribution >= 0.6 is 0 Å². The van der Waals surface area contributed by atoms with Gasteiger partial charge in [-0.2, -0.15) is 0 Å². The molecule has 0 spiro atoms. The van der Waals surface area contributed by atoms with Crippen LogP contribution in [0.25, 0.3) is 0 Å². The Kier molecular flexibility index (Phi) is 8.06. The third-order valence-corrected chi connectivity index (χ3v) is 7.70. The molecule has 7 nitrogen and oxygen atoms in total. The van der Waals surface area contributed by atoms with Crippen molar-refractivity contribution in [2.75, 3.05) is 52.5 Å². The summed E-state index contributed by atoms with van der Waals surface area (Å²) in [5.41, 5.74) is 1.83. The number of benzene rings is 1. The van der Waals surface area contributed by atoms with Gasteiger partial charge in [0, 0.05) is 38.6 Å². The first-order chi connectivity index (χ1) is 14.0. The Morgan fingerprint density at radius 3 is 2.52 bits per heavy atom. The number of carbonyl (C=O) groups is 1. The fourth-order valence-electron chi connectivity index (χ4n) is 3.94. The number of nitrogens with one attached hydrogen (secondary N) is 1. The van der Waals surface area contributed by atoms with Gasteiger partial charge in [0.2, 0.25) is 15.9 Å². The van der Waals surface area contributed by atoms with Gasteiger partial charge in [-0.3, -0.25) is 9.69 Å². The molecule has 2 fully saturated rings. The predicted molar refractivity (Wildman–Crippen MR) is 113 cm³/mol. The Morgan fingerprint density at radius 2 is 1.83 bits per heavy atom. The van der Waals surface area contributed by atoms with Gasteiger partial charge >= 0.3 is 0 Å². The first-order valence-corrected chi connectivity index (χ1v) is 12.2. The van der Waals surface area contributed by atoms with Crippen molar-refractivity contribution in [3.63, 3.8) is 0 Å². The van der Waals surface area contributed by atoms with Gasteiger partial charge in [0.05, 0.1) is 19.0 Å².